The first-order valence-electron chi connectivity index (χ1n) is 6.04. The normalized spacial score (nSPS) is 10.2. The maximum atomic E-state index is 8.82. The molecular weight excluding hydrogens is 270 g/mol. The van der Waals surface area contributed by atoms with Crippen LogP contribution in [0.15, 0.2) is 48.9 Å². The Hall–Kier alpha value is -2.65. The summed E-state index contributed by atoms with van der Waals surface area (Å²) in [5.41, 5.74) is 0.906. The van der Waals surface area contributed by atoms with Crippen LogP contribution in [0.1, 0.15) is 9.75 Å². The van der Waals surface area contributed by atoms with Crippen LogP contribution in [-0.4, -0.2) is 14.8 Å². The van der Waals surface area contributed by atoms with Gasteiger partial charge in [0.15, 0.2) is 5.82 Å². The van der Waals surface area contributed by atoms with Crippen LogP contribution in [0.25, 0.3) is 5.82 Å². The largest absolute Gasteiger partial charge is 0.377 e. The molecule has 20 heavy (non-hydrogen) atoms. The van der Waals surface area contributed by atoms with Gasteiger partial charge in [-0.2, -0.15) is 10.4 Å². The summed E-state index contributed by atoms with van der Waals surface area (Å²) in [6, 6.07) is 11.6. The molecule has 0 aliphatic carbocycles. The van der Waals surface area contributed by atoms with Gasteiger partial charge in [-0.05, 0) is 30.3 Å². The van der Waals surface area contributed by atoms with Crippen LogP contribution < -0.4 is 5.32 Å². The molecule has 3 heterocycles. The van der Waals surface area contributed by atoms with Gasteiger partial charge in [0, 0.05) is 30.0 Å². The Morgan fingerprint density at radius 2 is 2.20 bits per heavy atom. The number of thiophene rings is 1. The van der Waals surface area contributed by atoms with E-state index in [0.29, 0.717) is 6.54 Å². The Labute approximate surface area is 120 Å². The summed E-state index contributed by atoms with van der Waals surface area (Å²) in [6.07, 6.45) is 5.31. The van der Waals surface area contributed by atoms with Crippen LogP contribution in [0, 0.1) is 11.3 Å². The lowest BCUT2D eigenvalue weighted by atomic mass is 10.3. The van der Waals surface area contributed by atoms with Crippen molar-refractivity contribution in [2.45, 2.75) is 6.54 Å². The third-order valence-electron chi connectivity index (χ3n) is 2.73. The number of nitrogens with zero attached hydrogens (tertiary/aromatic N) is 4. The lowest BCUT2D eigenvalue weighted by Crippen LogP contribution is -2.05. The second-order valence-corrected chi connectivity index (χ2v) is 5.22. The first-order chi connectivity index (χ1) is 9.86. The minimum absolute atomic E-state index is 0.659. The van der Waals surface area contributed by atoms with Crippen LogP contribution in [0.2, 0.25) is 0 Å². The maximum absolute atomic E-state index is 8.82. The van der Waals surface area contributed by atoms with Gasteiger partial charge in [-0.15, -0.1) is 11.3 Å². The summed E-state index contributed by atoms with van der Waals surface area (Å²) >= 11 is 1.49. The fourth-order valence-electron chi connectivity index (χ4n) is 1.83. The summed E-state index contributed by atoms with van der Waals surface area (Å²) in [6.45, 7) is 0.659. The smallest absolute Gasteiger partial charge is 0.176 e. The molecule has 0 atom stereocenters. The highest BCUT2D eigenvalue weighted by Gasteiger charge is 2.06. The molecule has 0 aliphatic heterocycles. The van der Waals surface area contributed by atoms with Crippen LogP contribution in [-0.2, 0) is 6.54 Å². The molecule has 3 aromatic heterocycles. The van der Waals surface area contributed by atoms with Crippen molar-refractivity contribution in [3.05, 3.63) is 58.7 Å². The second-order valence-electron chi connectivity index (χ2n) is 4.06. The van der Waals surface area contributed by atoms with Crippen molar-refractivity contribution < 1.29 is 0 Å². The van der Waals surface area contributed by atoms with E-state index in [2.05, 4.69) is 21.5 Å². The molecule has 0 saturated carbocycles. The Morgan fingerprint density at radius 1 is 1.25 bits per heavy atom. The molecule has 0 radical (unpaired) electrons. The zero-order valence-electron chi connectivity index (χ0n) is 10.5. The van der Waals surface area contributed by atoms with Crippen molar-refractivity contribution in [2.75, 3.05) is 5.32 Å². The standard InChI is InChI=1S/C14H11N5S/c15-9-11-4-5-12(20-11)10-17-13-3-1-6-16-14(13)19-8-2-7-18-19/h1-8,17H,10H2. The highest BCUT2D eigenvalue weighted by atomic mass is 32.1. The minimum atomic E-state index is 0.659. The van der Waals surface area contributed by atoms with E-state index in [9.17, 15) is 0 Å². The van der Waals surface area contributed by atoms with E-state index in [4.69, 9.17) is 5.26 Å². The van der Waals surface area contributed by atoms with Gasteiger partial charge < -0.3 is 5.32 Å². The highest BCUT2D eigenvalue weighted by molar-refractivity contribution is 7.12. The molecule has 3 aromatic rings. The fraction of sp³-hybridized carbons (Fsp3) is 0.0714. The second kappa shape index (κ2) is 5.55. The maximum Gasteiger partial charge on any atom is 0.176 e. The van der Waals surface area contributed by atoms with E-state index in [-0.39, 0.29) is 0 Å². The first-order valence-corrected chi connectivity index (χ1v) is 6.86. The van der Waals surface area contributed by atoms with Crippen molar-refractivity contribution in [1.29, 1.82) is 5.26 Å². The molecule has 0 aliphatic rings. The average molecular weight is 281 g/mol. The van der Waals surface area contributed by atoms with E-state index in [1.807, 2.05) is 36.5 Å². The van der Waals surface area contributed by atoms with Gasteiger partial charge in [0.2, 0.25) is 0 Å². The Kier molecular flexibility index (Phi) is 3.44. The molecule has 0 amide bonds. The van der Waals surface area contributed by atoms with Gasteiger partial charge in [0.25, 0.3) is 0 Å². The molecule has 5 nitrogen and oxygen atoms in total. The Balaban J connectivity index is 1.80. The SMILES string of the molecule is N#Cc1ccc(CNc2cccnc2-n2cccn2)s1. The van der Waals surface area contributed by atoms with E-state index in [1.54, 1.807) is 17.1 Å². The molecule has 98 valence electrons. The molecule has 0 unspecified atom stereocenters. The highest BCUT2D eigenvalue weighted by Crippen LogP contribution is 2.20. The predicted molar refractivity (Wildman–Crippen MR) is 77.7 cm³/mol. The van der Waals surface area contributed by atoms with Gasteiger partial charge in [0.1, 0.15) is 10.9 Å². The molecule has 0 spiro atoms. The summed E-state index contributed by atoms with van der Waals surface area (Å²) in [7, 11) is 0. The summed E-state index contributed by atoms with van der Waals surface area (Å²) < 4.78 is 1.72. The number of hydrogen-bond acceptors (Lipinski definition) is 5. The van der Waals surface area contributed by atoms with E-state index < -0.39 is 0 Å². The topological polar surface area (TPSA) is 66.5 Å². The van der Waals surface area contributed by atoms with Crippen molar-refractivity contribution >= 4 is 17.0 Å². The van der Waals surface area contributed by atoms with E-state index in [1.165, 1.54) is 11.3 Å². The summed E-state index contributed by atoms with van der Waals surface area (Å²) in [4.78, 5) is 6.17. The van der Waals surface area contributed by atoms with Gasteiger partial charge in [-0.25, -0.2) is 9.67 Å². The number of hydrogen-bond donors (Lipinski definition) is 1. The molecule has 3 rings (SSSR count). The monoisotopic (exact) mass is 281 g/mol. The van der Waals surface area contributed by atoms with Crippen LogP contribution in [0.5, 0.6) is 0 Å². The molecule has 0 bridgehead atoms. The van der Waals surface area contributed by atoms with E-state index >= 15 is 0 Å². The fourth-order valence-corrected chi connectivity index (χ4v) is 2.57. The van der Waals surface area contributed by atoms with Crippen LogP contribution in [0.3, 0.4) is 0 Å². The lowest BCUT2D eigenvalue weighted by molar-refractivity contribution is 0.846. The molecule has 0 fully saturated rings. The molecular formula is C14H11N5S. The molecule has 0 aromatic carbocycles. The number of rotatable bonds is 4. The zero-order valence-corrected chi connectivity index (χ0v) is 11.3. The number of anilines is 1. The number of aromatic nitrogens is 3. The number of pyridine rings is 1. The lowest BCUT2D eigenvalue weighted by Gasteiger charge is -2.09. The third-order valence-corrected chi connectivity index (χ3v) is 3.72. The number of nitriles is 1. The number of nitrogens with one attached hydrogen (secondary N) is 1. The summed E-state index contributed by atoms with van der Waals surface area (Å²) in [5, 5.41) is 16.3. The molecule has 6 heteroatoms. The van der Waals surface area contributed by atoms with Gasteiger partial charge in [-0.3, -0.25) is 0 Å². The van der Waals surface area contributed by atoms with Crippen molar-refractivity contribution in [3.63, 3.8) is 0 Å². The zero-order chi connectivity index (χ0) is 13.8. The first kappa shape index (κ1) is 12.4. The van der Waals surface area contributed by atoms with E-state index in [0.717, 1.165) is 21.3 Å². The van der Waals surface area contributed by atoms with Crippen LogP contribution >= 0.6 is 11.3 Å². The average Bonchev–Trinajstić information content (AvgIpc) is 3.17. The molecule has 1 N–H and O–H groups in total. The van der Waals surface area contributed by atoms with Crippen molar-refractivity contribution in [3.8, 4) is 11.9 Å². The third kappa shape index (κ3) is 2.53. The van der Waals surface area contributed by atoms with Gasteiger partial charge >= 0.3 is 0 Å². The van der Waals surface area contributed by atoms with Gasteiger partial charge in [-0.1, -0.05) is 0 Å². The predicted octanol–water partition coefficient (Wildman–Crippen LogP) is 2.81. The van der Waals surface area contributed by atoms with Crippen molar-refractivity contribution in [2.24, 2.45) is 0 Å². The molecule has 0 saturated heterocycles. The summed E-state index contributed by atoms with van der Waals surface area (Å²) in [5.74, 6) is 0.759. The quantitative estimate of drug-likeness (QED) is 0.798. The Morgan fingerprint density at radius 3 is 2.95 bits per heavy atom. The van der Waals surface area contributed by atoms with Crippen LogP contribution in [0.4, 0.5) is 5.69 Å². The minimum Gasteiger partial charge on any atom is -0.377 e. The van der Waals surface area contributed by atoms with Crippen molar-refractivity contribution in [1.82, 2.24) is 14.8 Å². The Bertz CT molecular complexity index is 739. The van der Waals surface area contributed by atoms with Gasteiger partial charge in [0.05, 0.1) is 5.69 Å².